The van der Waals surface area contributed by atoms with Crippen LogP contribution < -0.4 is 11.1 Å². The largest absolute Gasteiger partial charge is 0.354 e. The van der Waals surface area contributed by atoms with Crippen LogP contribution in [0.25, 0.3) is 10.6 Å². The Morgan fingerprint density at radius 3 is 2.92 bits per heavy atom. The van der Waals surface area contributed by atoms with Crippen LogP contribution in [-0.4, -0.2) is 41.5 Å². The predicted molar refractivity (Wildman–Crippen MR) is 107 cm³/mol. The molecule has 7 heteroatoms. The summed E-state index contributed by atoms with van der Waals surface area (Å²) in [6.07, 6.45) is 3.91. The number of piperidine rings is 1. The molecule has 1 fully saturated rings. The highest BCUT2D eigenvalue weighted by molar-refractivity contribution is 7.13. The van der Waals surface area contributed by atoms with Crippen LogP contribution in [-0.2, 0) is 11.3 Å². The minimum atomic E-state index is 0.0386. The smallest absolute Gasteiger partial charge is 0.221 e. The van der Waals surface area contributed by atoms with E-state index in [0.717, 1.165) is 40.8 Å². The van der Waals surface area contributed by atoms with Crippen molar-refractivity contribution in [1.82, 2.24) is 15.2 Å². The Morgan fingerprint density at radius 2 is 2.15 bits per heavy atom. The van der Waals surface area contributed by atoms with E-state index in [0.29, 0.717) is 25.6 Å². The molecule has 1 aliphatic heterocycles. The Hall–Kier alpha value is -1.47. The Balaban J connectivity index is 1.61. The van der Waals surface area contributed by atoms with Crippen molar-refractivity contribution in [2.75, 3.05) is 19.6 Å². The molecule has 0 saturated carbocycles. The van der Waals surface area contributed by atoms with Gasteiger partial charge in [-0.25, -0.2) is 4.98 Å². The summed E-state index contributed by atoms with van der Waals surface area (Å²) in [7, 11) is 0. The van der Waals surface area contributed by atoms with Crippen molar-refractivity contribution in [2.45, 2.75) is 38.3 Å². The van der Waals surface area contributed by atoms with Gasteiger partial charge in [-0.1, -0.05) is 30.2 Å². The van der Waals surface area contributed by atoms with Gasteiger partial charge >= 0.3 is 0 Å². The molecule has 5 nitrogen and oxygen atoms in total. The van der Waals surface area contributed by atoms with Crippen LogP contribution in [0.3, 0.4) is 0 Å². The first-order valence-electron chi connectivity index (χ1n) is 9.07. The number of nitrogens with two attached hydrogens (primary N) is 1. The monoisotopic (exact) mass is 392 g/mol. The summed E-state index contributed by atoms with van der Waals surface area (Å²) in [6, 6.07) is 8.15. The number of hydrogen-bond donors (Lipinski definition) is 2. The number of likely N-dealkylation sites (tertiary alicyclic amines) is 1. The van der Waals surface area contributed by atoms with E-state index < -0.39 is 0 Å². The Bertz CT molecular complexity index is 719. The number of carbonyl (C=O) groups excluding carboxylic acids is 1. The van der Waals surface area contributed by atoms with Crippen LogP contribution in [0.2, 0.25) is 5.02 Å². The third-order valence-electron chi connectivity index (χ3n) is 4.66. The second-order valence-electron chi connectivity index (χ2n) is 6.61. The van der Waals surface area contributed by atoms with E-state index in [9.17, 15) is 4.79 Å². The highest BCUT2D eigenvalue weighted by atomic mass is 35.5. The van der Waals surface area contributed by atoms with Gasteiger partial charge in [0.05, 0.1) is 5.69 Å². The van der Waals surface area contributed by atoms with Gasteiger partial charge in [-0.2, -0.15) is 0 Å². The number of amides is 1. The van der Waals surface area contributed by atoms with Crippen LogP contribution in [0, 0.1) is 0 Å². The maximum atomic E-state index is 11.7. The number of benzene rings is 1. The number of thiazole rings is 1. The fourth-order valence-corrected chi connectivity index (χ4v) is 4.21. The first kappa shape index (κ1) is 19.3. The van der Waals surface area contributed by atoms with Crippen molar-refractivity contribution in [3.63, 3.8) is 0 Å². The third kappa shape index (κ3) is 5.27. The molecule has 1 saturated heterocycles. The zero-order chi connectivity index (χ0) is 18.4. The van der Waals surface area contributed by atoms with Crippen molar-refractivity contribution in [3.8, 4) is 10.6 Å². The van der Waals surface area contributed by atoms with Crippen molar-refractivity contribution in [3.05, 3.63) is 40.4 Å². The number of carbonyl (C=O) groups is 1. The summed E-state index contributed by atoms with van der Waals surface area (Å²) < 4.78 is 0. The topological polar surface area (TPSA) is 71.2 Å². The summed E-state index contributed by atoms with van der Waals surface area (Å²) in [4.78, 5) is 18.9. The molecule has 1 unspecified atom stereocenters. The van der Waals surface area contributed by atoms with Gasteiger partial charge in [-0.3, -0.25) is 9.69 Å². The normalized spacial score (nSPS) is 18.0. The average molecular weight is 393 g/mol. The van der Waals surface area contributed by atoms with Crippen molar-refractivity contribution in [2.24, 2.45) is 5.73 Å². The Kier molecular flexibility index (Phi) is 7.02. The molecule has 0 spiro atoms. The summed E-state index contributed by atoms with van der Waals surface area (Å²) in [5.74, 6) is 0.0386. The fraction of sp³-hybridized carbons (Fsp3) is 0.474. The zero-order valence-electron chi connectivity index (χ0n) is 14.8. The Labute approximate surface area is 163 Å². The van der Waals surface area contributed by atoms with E-state index >= 15 is 0 Å². The molecule has 140 valence electrons. The van der Waals surface area contributed by atoms with Gasteiger partial charge in [0.15, 0.2) is 0 Å². The van der Waals surface area contributed by atoms with Gasteiger partial charge in [0.25, 0.3) is 0 Å². The first-order valence-corrected chi connectivity index (χ1v) is 10.3. The molecule has 26 heavy (non-hydrogen) atoms. The molecule has 0 radical (unpaired) electrons. The summed E-state index contributed by atoms with van der Waals surface area (Å²) in [5.41, 5.74) is 7.62. The molecule has 1 amide bonds. The molecule has 2 aromatic rings. The van der Waals surface area contributed by atoms with Gasteiger partial charge < -0.3 is 11.1 Å². The molecule has 1 atom stereocenters. The van der Waals surface area contributed by atoms with E-state index in [-0.39, 0.29) is 5.91 Å². The summed E-state index contributed by atoms with van der Waals surface area (Å²) in [5, 5.41) is 6.89. The van der Waals surface area contributed by atoms with E-state index in [1.165, 1.54) is 12.8 Å². The highest BCUT2D eigenvalue weighted by Gasteiger charge is 2.23. The number of nitrogens with zero attached hydrogens (tertiary/aromatic N) is 2. The standard InChI is InChI=1S/C19H25ClN4OS/c20-15-6-4-14(5-7-15)19-23-16(13-26-19)12-24-10-2-1-3-17(24)11-22-18(25)8-9-21/h4-7,13,17H,1-3,8-12,21H2,(H,22,25). The zero-order valence-corrected chi connectivity index (χ0v) is 16.4. The van der Waals surface area contributed by atoms with Crippen LogP contribution >= 0.6 is 22.9 Å². The lowest BCUT2D eigenvalue weighted by Crippen LogP contribution is -2.46. The molecular weight excluding hydrogens is 368 g/mol. The molecular formula is C19H25ClN4OS. The molecule has 2 heterocycles. The van der Waals surface area contributed by atoms with Crippen LogP contribution in [0.5, 0.6) is 0 Å². The summed E-state index contributed by atoms with van der Waals surface area (Å²) >= 11 is 7.62. The third-order valence-corrected chi connectivity index (χ3v) is 5.86. The number of hydrogen-bond acceptors (Lipinski definition) is 5. The van der Waals surface area contributed by atoms with Crippen LogP contribution in [0.15, 0.2) is 29.6 Å². The molecule has 0 bridgehead atoms. The van der Waals surface area contributed by atoms with E-state index in [1.54, 1.807) is 11.3 Å². The van der Waals surface area contributed by atoms with E-state index in [4.69, 9.17) is 22.3 Å². The molecule has 1 aromatic heterocycles. The second kappa shape index (κ2) is 9.46. The lowest BCUT2D eigenvalue weighted by atomic mass is 10.0. The predicted octanol–water partition coefficient (Wildman–Crippen LogP) is 3.28. The minimum Gasteiger partial charge on any atom is -0.354 e. The maximum Gasteiger partial charge on any atom is 0.221 e. The molecule has 0 aliphatic carbocycles. The van der Waals surface area contributed by atoms with Gasteiger partial charge in [0.2, 0.25) is 5.91 Å². The number of rotatable bonds is 7. The number of halogens is 1. The summed E-state index contributed by atoms with van der Waals surface area (Å²) in [6.45, 7) is 2.95. The van der Waals surface area contributed by atoms with Gasteiger partial charge in [0.1, 0.15) is 5.01 Å². The number of nitrogens with one attached hydrogen (secondary N) is 1. The Morgan fingerprint density at radius 1 is 1.35 bits per heavy atom. The van der Waals surface area contributed by atoms with Gasteiger partial charge in [0, 0.05) is 48.1 Å². The molecule has 3 rings (SSSR count). The average Bonchev–Trinajstić information content (AvgIpc) is 3.10. The second-order valence-corrected chi connectivity index (χ2v) is 7.91. The first-order chi connectivity index (χ1) is 12.7. The quantitative estimate of drug-likeness (QED) is 0.758. The van der Waals surface area contributed by atoms with Crippen LogP contribution in [0.4, 0.5) is 0 Å². The highest BCUT2D eigenvalue weighted by Crippen LogP contribution is 2.27. The molecule has 1 aromatic carbocycles. The van der Waals surface area contributed by atoms with Gasteiger partial charge in [-0.15, -0.1) is 11.3 Å². The van der Waals surface area contributed by atoms with Crippen molar-refractivity contribution >= 4 is 28.8 Å². The number of aromatic nitrogens is 1. The molecule has 3 N–H and O–H groups in total. The minimum absolute atomic E-state index is 0.0386. The maximum absolute atomic E-state index is 11.7. The SMILES string of the molecule is NCCC(=O)NCC1CCCCN1Cc1csc(-c2ccc(Cl)cc2)n1. The van der Waals surface area contributed by atoms with Crippen LogP contribution in [0.1, 0.15) is 31.4 Å². The van der Waals surface area contributed by atoms with Crippen molar-refractivity contribution in [1.29, 1.82) is 0 Å². The fourth-order valence-electron chi connectivity index (χ4n) is 3.26. The van der Waals surface area contributed by atoms with E-state index in [1.807, 2.05) is 24.3 Å². The lowest BCUT2D eigenvalue weighted by molar-refractivity contribution is -0.121. The lowest BCUT2D eigenvalue weighted by Gasteiger charge is -2.35. The molecule has 1 aliphatic rings. The van der Waals surface area contributed by atoms with Gasteiger partial charge in [-0.05, 0) is 31.5 Å². The van der Waals surface area contributed by atoms with Crippen molar-refractivity contribution < 1.29 is 4.79 Å². The van der Waals surface area contributed by atoms with E-state index in [2.05, 4.69) is 15.6 Å².